The van der Waals surface area contributed by atoms with Gasteiger partial charge >= 0.3 is 0 Å². The molecule has 2 aromatic rings. The average Bonchev–Trinajstić information content (AvgIpc) is 2.47. The van der Waals surface area contributed by atoms with Crippen LogP contribution < -0.4 is 10.1 Å². The van der Waals surface area contributed by atoms with Gasteiger partial charge in [-0.1, -0.05) is 37.3 Å². The first-order valence-corrected chi connectivity index (χ1v) is 7.12. The Morgan fingerprint density at radius 2 is 1.89 bits per heavy atom. The van der Waals surface area contributed by atoms with Crippen molar-refractivity contribution in [1.82, 2.24) is 0 Å². The fourth-order valence-electron chi connectivity index (χ4n) is 1.93. The summed E-state index contributed by atoms with van der Waals surface area (Å²) in [5, 5.41) is 3.46. The van der Waals surface area contributed by atoms with E-state index in [1.54, 1.807) is 7.11 Å². The third-order valence-electron chi connectivity index (χ3n) is 3.14. The van der Waals surface area contributed by atoms with Crippen LogP contribution in [0.15, 0.2) is 53.0 Å². The Morgan fingerprint density at radius 1 is 1.16 bits per heavy atom. The third kappa shape index (κ3) is 3.74. The van der Waals surface area contributed by atoms with Gasteiger partial charge in [0, 0.05) is 17.1 Å². The van der Waals surface area contributed by atoms with Crippen molar-refractivity contribution in [3.63, 3.8) is 0 Å². The summed E-state index contributed by atoms with van der Waals surface area (Å²) in [6.07, 6.45) is 0. The largest absolute Gasteiger partial charge is 0.497 e. The second-order valence-corrected chi connectivity index (χ2v) is 5.39. The molecule has 0 aliphatic rings. The van der Waals surface area contributed by atoms with Crippen molar-refractivity contribution >= 4 is 21.6 Å². The minimum absolute atomic E-state index is 0.458. The lowest BCUT2D eigenvalue weighted by Gasteiger charge is -2.15. The van der Waals surface area contributed by atoms with Crippen LogP contribution in [0.2, 0.25) is 0 Å². The highest BCUT2D eigenvalue weighted by molar-refractivity contribution is 9.10. The molecule has 0 aliphatic carbocycles. The number of ether oxygens (including phenoxy) is 1. The first kappa shape index (κ1) is 13.9. The first-order chi connectivity index (χ1) is 9.20. The fourth-order valence-corrected chi connectivity index (χ4v) is 2.32. The van der Waals surface area contributed by atoms with E-state index < -0.39 is 0 Å². The maximum atomic E-state index is 5.24. The van der Waals surface area contributed by atoms with E-state index in [1.165, 1.54) is 5.56 Å². The van der Waals surface area contributed by atoms with Gasteiger partial charge in [-0.25, -0.2) is 0 Å². The highest BCUT2D eigenvalue weighted by atomic mass is 79.9. The van der Waals surface area contributed by atoms with Crippen LogP contribution in [0.1, 0.15) is 18.4 Å². The van der Waals surface area contributed by atoms with Crippen molar-refractivity contribution in [3.05, 3.63) is 58.6 Å². The Kier molecular flexibility index (Phi) is 4.86. The normalized spacial score (nSPS) is 11.9. The number of halogens is 1. The van der Waals surface area contributed by atoms with Crippen LogP contribution in [0.4, 0.5) is 5.69 Å². The average molecular weight is 320 g/mol. The summed E-state index contributed by atoms with van der Waals surface area (Å²) in [5.74, 6) is 1.32. The monoisotopic (exact) mass is 319 g/mol. The van der Waals surface area contributed by atoms with Gasteiger partial charge in [0.15, 0.2) is 0 Å². The molecule has 0 radical (unpaired) electrons. The number of hydrogen-bond donors (Lipinski definition) is 1. The minimum atomic E-state index is 0.458. The standard InChI is InChI=1S/C16H18BrNO/c1-12(13-6-4-3-5-7-13)11-18-16-10-14(19-2)8-9-15(16)17/h3-10,12,18H,11H2,1-2H3. The molecule has 2 rings (SSSR count). The molecule has 0 spiro atoms. The fraction of sp³-hybridized carbons (Fsp3) is 0.250. The number of hydrogen-bond acceptors (Lipinski definition) is 2. The number of nitrogens with one attached hydrogen (secondary N) is 1. The number of rotatable bonds is 5. The third-order valence-corrected chi connectivity index (χ3v) is 3.83. The lowest BCUT2D eigenvalue weighted by molar-refractivity contribution is 0.415. The molecule has 0 amide bonds. The molecule has 1 N–H and O–H groups in total. The van der Waals surface area contributed by atoms with Crippen LogP contribution in [0.25, 0.3) is 0 Å². The van der Waals surface area contributed by atoms with Gasteiger partial charge in [0.1, 0.15) is 5.75 Å². The van der Waals surface area contributed by atoms with Gasteiger partial charge in [-0.05, 0) is 39.5 Å². The highest BCUT2D eigenvalue weighted by Gasteiger charge is 2.07. The van der Waals surface area contributed by atoms with Crippen LogP contribution >= 0.6 is 15.9 Å². The maximum Gasteiger partial charge on any atom is 0.121 e. The molecule has 2 nitrogen and oxygen atoms in total. The summed E-state index contributed by atoms with van der Waals surface area (Å²) in [5.41, 5.74) is 2.40. The Bertz CT molecular complexity index is 528. The van der Waals surface area contributed by atoms with E-state index in [1.807, 2.05) is 24.3 Å². The zero-order valence-corrected chi connectivity index (χ0v) is 12.8. The molecule has 0 bridgehead atoms. The van der Waals surface area contributed by atoms with Gasteiger partial charge in [0.05, 0.1) is 12.8 Å². The molecule has 2 aromatic carbocycles. The van der Waals surface area contributed by atoms with Gasteiger partial charge in [-0.2, -0.15) is 0 Å². The predicted octanol–water partition coefficient (Wildman–Crippen LogP) is 4.67. The van der Waals surface area contributed by atoms with Crippen molar-refractivity contribution in [2.75, 3.05) is 19.0 Å². The van der Waals surface area contributed by atoms with Crippen LogP contribution in [-0.4, -0.2) is 13.7 Å². The van der Waals surface area contributed by atoms with E-state index in [2.05, 4.69) is 52.4 Å². The smallest absolute Gasteiger partial charge is 0.121 e. The highest BCUT2D eigenvalue weighted by Crippen LogP contribution is 2.28. The van der Waals surface area contributed by atoms with E-state index >= 15 is 0 Å². The molecule has 3 heteroatoms. The molecule has 0 saturated heterocycles. The van der Waals surface area contributed by atoms with Crippen molar-refractivity contribution in [2.24, 2.45) is 0 Å². The van der Waals surface area contributed by atoms with E-state index in [-0.39, 0.29) is 0 Å². The van der Waals surface area contributed by atoms with Gasteiger partial charge in [0.2, 0.25) is 0 Å². The number of benzene rings is 2. The topological polar surface area (TPSA) is 21.3 Å². The Labute approximate surface area is 122 Å². The molecule has 100 valence electrons. The van der Waals surface area contributed by atoms with Gasteiger partial charge in [-0.3, -0.25) is 0 Å². The van der Waals surface area contributed by atoms with Crippen molar-refractivity contribution in [3.8, 4) is 5.75 Å². The molecular formula is C16H18BrNO. The van der Waals surface area contributed by atoms with Gasteiger partial charge in [0.25, 0.3) is 0 Å². The molecule has 1 unspecified atom stereocenters. The summed E-state index contributed by atoms with van der Waals surface area (Å²) in [6.45, 7) is 3.10. The summed E-state index contributed by atoms with van der Waals surface area (Å²) in [6, 6.07) is 16.5. The zero-order valence-electron chi connectivity index (χ0n) is 11.2. The zero-order chi connectivity index (χ0) is 13.7. The molecule has 0 heterocycles. The lowest BCUT2D eigenvalue weighted by Crippen LogP contribution is -2.10. The van der Waals surface area contributed by atoms with Crippen molar-refractivity contribution in [1.29, 1.82) is 0 Å². The SMILES string of the molecule is COc1ccc(Br)c(NCC(C)c2ccccc2)c1. The second kappa shape index (κ2) is 6.62. The molecule has 0 fully saturated rings. The molecule has 1 atom stereocenters. The lowest BCUT2D eigenvalue weighted by atomic mass is 10.0. The van der Waals surface area contributed by atoms with Crippen molar-refractivity contribution in [2.45, 2.75) is 12.8 Å². The maximum absolute atomic E-state index is 5.24. The Balaban J connectivity index is 2.02. The molecule has 0 aliphatic heterocycles. The van der Waals surface area contributed by atoms with E-state index in [0.29, 0.717) is 5.92 Å². The van der Waals surface area contributed by atoms with E-state index in [4.69, 9.17) is 4.74 Å². The first-order valence-electron chi connectivity index (χ1n) is 6.33. The van der Waals surface area contributed by atoms with E-state index in [0.717, 1.165) is 22.5 Å². The predicted molar refractivity (Wildman–Crippen MR) is 84.0 cm³/mol. The van der Waals surface area contributed by atoms with Gasteiger partial charge < -0.3 is 10.1 Å². The molecule has 19 heavy (non-hydrogen) atoms. The Morgan fingerprint density at radius 3 is 2.58 bits per heavy atom. The second-order valence-electron chi connectivity index (χ2n) is 4.54. The van der Waals surface area contributed by atoms with Crippen LogP contribution in [0.3, 0.4) is 0 Å². The summed E-state index contributed by atoms with van der Waals surface area (Å²) >= 11 is 3.55. The minimum Gasteiger partial charge on any atom is -0.497 e. The molecular weight excluding hydrogens is 302 g/mol. The number of methoxy groups -OCH3 is 1. The van der Waals surface area contributed by atoms with Gasteiger partial charge in [-0.15, -0.1) is 0 Å². The van der Waals surface area contributed by atoms with Crippen LogP contribution in [0, 0.1) is 0 Å². The van der Waals surface area contributed by atoms with E-state index in [9.17, 15) is 0 Å². The summed E-state index contributed by atoms with van der Waals surface area (Å²) < 4.78 is 6.29. The van der Waals surface area contributed by atoms with Crippen molar-refractivity contribution < 1.29 is 4.74 Å². The van der Waals surface area contributed by atoms with Crippen LogP contribution in [-0.2, 0) is 0 Å². The molecule has 0 aromatic heterocycles. The quantitative estimate of drug-likeness (QED) is 0.864. The Hall–Kier alpha value is -1.48. The molecule has 0 saturated carbocycles. The summed E-state index contributed by atoms with van der Waals surface area (Å²) in [7, 11) is 1.68. The summed E-state index contributed by atoms with van der Waals surface area (Å²) in [4.78, 5) is 0. The number of anilines is 1. The van der Waals surface area contributed by atoms with Crippen LogP contribution in [0.5, 0.6) is 5.75 Å².